The zero-order valence-corrected chi connectivity index (χ0v) is 24.4. The summed E-state index contributed by atoms with van der Waals surface area (Å²) in [5.74, 6) is -0.639. The number of anilines is 2. The zero-order chi connectivity index (χ0) is 29.2. The molecule has 0 aliphatic rings. The van der Waals surface area contributed by atoms with Crippen molar-refractivity contribution in [1.82, 2.24) is 0 Å². The molecular formula is C33H34N2O4S. The van der Waals surface area contributed by atoms with Crippen molar-refractivity contribution in [1.29, 1.82) is 0 Å². The van der Waals surface area contributed by atoms with Crippen molar-refractivity contribution in [2.24, 2.45) is 0 Å². The molecule has 0 spiro atoms. The van der Waals surface area contributed by atoms with Crippen LogP contribution in [0.1, 0.15) is 69.3 Å². The third-order valence-corrected chi connectivity index (χ3v) is 8.27. The topological polar surface area (TPSA) is 92.3 Å². The van der Waals surface area contributed by atoms with E-state index in [4.69, 9.17) is 0 Å². The number of aryl methyl sites for hydroxylation is 3. The first kappa shape index (κ1) is 28.8. The van der Waals surface area contributed by atoms with Crippen LogP contribution in [0.25, 0.3) is 0 Å². The van der Waals surface area contributed by atoms with Crippen LogP contribution in [0.5, 0.6) is 0 Å². The molecule has 0 saturated heterocycles. The fourth-order valence-electron chi connectivity index (χ4n) is 4.39. The number of hydrogen-bond acceptors (Lipinski definition) is 4. The van der Waals surface area contributed by atoms with Crippen LogP contribution >= 0.6 is 0 Å². The first-order chi connectivity index (χ1) is 18.7. The Morgan fingerprint density at radius 1 is 0.700 bits per heavy atom. The smallest absolute Gasteiger partial charge is 0.262 e. The highest BCUT2D eigenvalue weighted by atomic mass is 32.2. The number of ketones is 1. The van der Waals surface area contributed by atoms with Gasteiger partial charge in [-0.2, -0.15) is 0 Å². The Morgan fingerprint density at radius 2 is 1.38 bits per heavy atom. The van der Waals surface area contributed by atoms with Crippen molar-refractivity contribution >= 4 is 33.1 Å². The lowest BCUT2D eigenvalue weighted by atomic mass is 9.86. The normalized spacial score (nSPS) is 11.7. The van der Waals surface area contributed by atoms with Gasteiger partial charge in [0.05, 0.1) is 10.6 Å². The minimum atomic E-state index is -3.94. The van der Waals surface area contributed by atoms with E-state index in [1.807, 2.05) is 50.2 Å². The molecule has 0 radical (unpaired) electrons. The maximum atomic E-state index is 13.2. The molecule has 0 unspecified atom stereocenters. The zero-order valence-electron chi connectivity index (χ0n) is 23.6. The van der Waals surface area contributed by atoms with E-state index >= 15 is 0 Å². The molecule has 40 heavy (non-hydrogen) atoms. The molecule has 0 fully saturated rings. The summed E-state index contributed by atoms with van der Waals surface area (Å²) < 4.78 is 29.1. The number of carbonyl (C=O) groups is 2. The van der Waals surface area contributed by atoms with Gasteiger partial charge in [0, 0.05) is 22.4 Å². The van der Waals surface area contributed by atoms with Gasteiger partial charge in [0.1, 0.15) is 0 Å². The molecule has 0 bridgehead atoms. The molecule has 4 aromatic rings. The molecule has 1 amide bonds. The van der Waals surface area contributed by atoms with E-state index in [-0.39, 0.29) is 21.7 Å². The molecule has 4 aromatic carbocycles. The number of rotatable bonds is 7. The monoisotopic (exact) mass is 554 g/mol. The summed E-state index contributed by atoms with van der Waals surface area (Å²) in [6.45, 7) is 11.8. The molecule has 0 aromatic heterocycles. The van der Waals surface area contributed by atoms with E-state index in [2.05, 4.69) is 30.8 Å². The molecule has 4 rings (SSSR count). The summed E-state index contributed by atoms with van der Waals surface area (Å²) in [6, 6.07) is 24.2. The van der Waals surface area contributed by atoms with Crippen molar-refractivity contribution < 1.29 is 18.0 Å². The predicted molar refractivity (Wildman–Crippen MR) is 161 cm³/mol. The second-order valence-electron chi connectivity index (χ2n) is 11.1. The van der Waals surface area contributed by atoms with E-state index in [0.717, 1.165) is 16.7 Å². The largest absolute Gasteiger partial charge is 0.322 e. The lowest BCUT2D eigenvalue weighted by Gasteiger charge is -2.19. The van der Waals surface area contributed by atoms with Gasteiger partial charge < -0.3 is 5.32 Å². The number of hydrogen-bond donors (Lipinski definition) is 2. The highest BCUT2D eigenvalue weighted by Crippen LogP contribution is 2.25. The van der Waals surface area contributed by atoms with E-state index in [1.165, 1.54) is 6.07 Å². The lowest BCUT2D eigenvalue weighted by Crippen LogP contribution is -2.17. The molecule has 0 saturated carbocycles. The SMILES string of the molecule is Cc1ccc(NS(=O)(=O)c2cc(C(=O)Nc3cccc(C(=O)c4ccc(C(C)(C)C)cc4)c3)ccc2C)c(C)c1. The lowest BCUT2D eigenvalue weighted by molar-refractivity contribution is 0.102. The van der Waals surface area contributed by atoms with E-state index in [9.17, 15) is 18.0 Å². The first-order valence-corrected chi connectivity index (χ1v) is 14.5. The molecular weight excluding hydrogens is 520 g/mol. The summed E-state index contributed by atoms with van der Waals surface area (Å²) in [5.41, 5.74) is 5.54. The van der Waals surface area contributed by atoms with Crippen LogP contribution in [0.4, 0.5) is 11.4 Å². The van der Waals surface area contributed by atoms with Gasteiger partial charge in [-0.05, 0) is 73.2 Å². The predicted octanol–water partition coefficient (Wildman–Crippen LogP) is 7.19. The van der Waals surface area contributed by atoms with Gasteiger partial charge in [0.15, 0.2) is 5.78 Å². The maximum Gasteiger partial charge on any atom is 0.262 e. The minimum absolute atomic E-state index is 0.0164. The van der Waals surface area contributed by atoms with Crippen LogP contribution in [-0.2, 0) is 15.4 Å². The molecule has 6 nitrogen and oxygen atoms in total. The van der Waals surface area contributed by atoms with E-state index in [1.54, 1.807) is 49.4 Å². The maximum absolute atomic E-state index is 13.2. The van der Waals surface area contributed by atoms with Gasteiger partial charge in [-0.25, -0.2) is 8.42 Å². The third kappa shape index (κ3) is 6.49. The Kier molecular flexibility index (Phi) is 7.98. The molecule has 0 aliphatic carbocycles. The number of sulfonamides is 1. The molecule has 0 heterocycles. The van der Waals surface area contributed by atoms with Crippen molar-refractivity contribution in [3.63, 3.8) is 0 Å². The van der Waals surface area contributed by atoms with Crippen molar-refractivity contribution in [2.75, 3.05) is 10.0 Å². The van der Waals surface area contributed by atoms with Crippen LogP contribution < -0.4 is 10.0 Å². The van der Waals surface area contributed by atoms with Gasteiger partial charge in [-0.1, -0.05) is 80.9 Å². The van der Waals surface area contributed by atoms with Crippen LogP contribution in [-0.4, -0.2) is 20.1 Å². The Hall–Kier alpha value is -4.23. The van der Waals surface area contributed by atoms with E-state index in [0.29, 0.717) is 28.1 Å². The summed E-state index contributed by atoms with van der Waals surface area (Å²) in [4.78, 5) is 26.3. The summed E-state index contributed by atoms with van der Waals surface area (Å²) in [5, 5.41) is 2.79. The average molecular weight is 555 g/mol. The summed E-state index contributed by atoms with van der Waals surface area (Å²) >= 11 is 0. The second-order valence-corrected chi connectivity index (χ2v) is 12.7. The second kappa shape index (κ2) is 11.1. The Bertz CT molecular complexity index is 1700. The highest BCUT2D eigenvalue weighted by molar-refractivity contribution is 7.92. The first-order valence-electron chi connectivity index (χ1n) is 13.0. The highest BCUT2D eigenvalue weighted by Gasteiger charge is 2.21. The van der Waals surface area contributed by atoms with Gasteiger partial charge in [0.25, 0.3) is 15.9 Å². The van der Waals surface area contributed by atoms with Crippen molar-refractivity contribution in [3.8, 4) is 0 Å². The van der Waals surface area contributed by atoms with Gasteiger partial charge in [0.2, 0.25) is 0 Å². The number of benzene rings is 4. The molecule has 2 N–H and O–H groups in total. The quantitative estimate of drug-likeness (QED) is 0.236. The van der Waals surface area contributed by atoms with Crippen LogP contribution in [0, 0.1) is 20.8 Å². The molecule has 7 heteroatoms. The molecule has 0 atom stereocenters. The van der Waals surface area contributed by atoms with Crippen LogP contribution in [0.2, 0.25) is 0 Å². The Balaban J connectivity index is 1.54. The third-order valence-electron chi connectivity index (χ3n) is 6.76. The Labute approximate surface area is 236 Å². The van der Waals surface area contributed by atoms with Crippen molar-refractivity contribution in [3.05, 3.63) is 124 Å². The van der Waals surface area contributed by atoms with Gasteiger partial charge >= 0.3 is 0 Å². The van der Waals surface area contributed by atoms with Gasteiger partial charge in [-0.3, -0.25) is 14.3 Å². The standard InChI is InChI=1S/C33H34N2O4S/c1-21-10-17-29(23(3)18-21)35-40(38,39)30-20-26(12-11-22(30)2)32(37)34-28-9-7-8-25(19-28)31(36)24-13-15-27(16-14-24)33(4,5)6/h7-20,35H,1-6H3,(H,34,37). The average Bonchev–Trinajstić information content (AvgIpc) is 2.89. The summed E-state index contributed by atoms with van der Waals surface area (Å²) in [7, 11) is -3.94. The van der Waals surface area contributed by atoms with Gasteiger partial charge in [-0.15, -0.1) is 0 Å². The number of nitrogens with one attached hydrogen (secondary N) is 2. The van der Waals surface area contributed by atoms with Crippen LogP contribution in [0.15, 0.2) is 89.8 Å². The minimum Gasteiger partial charge on any atom is -0.322 e. The van der Waals surface area contributed by atoms with Crippen LogP contribution in [0.3, 0.4) is 0 Å². The van der Waals surface area contributed by atoms with E-state index < -0.39 is 15.9 Å². The fraction of sp³-hybridized carbons (Fsp3) is 0.212. The Morgan fingerprint density at radius 3 is 2.02 bits per heavy atom. The fourth-order valence-corrected chi connectivity index (χ4v) is 5.79. The number of carbonyl (C=O) groups excluding carboxylic acids is 2. The number of amides is 1. The molecule has 0 aliphatic heterocycles. The molecule has 206 valence electrons. The summed E-state index contributed by atoms with van der Waals surface area (Å²) in [6.07, 6.45) is 0. The van der Waals surface area contributed by atoms with Crippen molar-refractivity contribution in [2.45, 2.75) is 51.9 Å².